The smallest absolute Gasteiger partial charge is 0.0537 e. The highest BCUT2D eigenvalue weighted by Crippen LogP contribution is 2.25. The van der Waals surface area contributed by atoms with Gasteiger partial charge in [0.25, 0.3) is 0 Å². The molecule has 2 nitrogen and oxygen atoms in total. The first-order valence-electron chi connectivity index (χ1n) is 5.07. The molecule has 0 bridgehead atoms. The minimum absolute atomic E-state index is 0.0977. The highest BCUT2D eigenvalue weighted by molar-refractivity contribution is 5.34. The van der Waals surface area contributed by atoms with E-state index in [1.54, 1.807) is 0 Å². The summed E-state index contributed by atoms with van der Waals surface area (Å²) in [5, 5.41) is 9.38. The van der Waals surface area contributed by atoms with Crippen LogP contribution in [0.15, 0.2) is 24.3 Å². The zero-order valence-corrected chi connectivity index (χ0v) is 8.96. The number of aliphatic hydroxyl groups is 1. The summed E-state index contributed by atoms with van der Waals surface area (Å²) in [6.45, 7) is 4.69. The van der Waals surface area contributed by atoms with E-state index in [1.165, 1.54) is 11.1 Å². The van der Waals surface area contributed by atoms with E-state index in [1.807, 2.05) is 19.1 Å². The summed E-state index contributed by atoms with van der Waals surface area (Å²) in [6.07, 6.45) is 0.978. The number of nitrogens with two attached hydrogens (primary N) is 1. The lowest BCUT2D eigenvalue weighted by atomic mass is 9.80. The van der Waals surface area contributed by atoms with Gasteiger partial charge in [0.1, 0.15) is 0 Å². The van der Waals surface area contributed by atoms with Gasteiger partial charge in [-0.2, -0.15) is 0 Å². The Hall–Kier alpha value is -0.860. The third kappa shape index (κ3) is 1.97. The minimum atomic E-state index is -0.299. The predicted molar refractivity (Wildman–Crippen MR) is 59.3 cm³/mol. The van der Waals surface area contributed by atoms with E-state index in [9.17, 15) is 5.11 Å². The second-order valence-electron chi connectivity index (χ2n) is 3.93. The molecular formula is C12H19NO. The van der Waals surface area contributed by atoms with Gasteiger partial charge in [-0.1, -0.05) is 38.1 Å². The van der Waals surface area contributed by atoms with Crippen LogP contribution >= 0.6 is 0 Å². The van der Waals surface area contributed by atoms with Crippen LogP contribution in [0, 0.1) is 0 Å². The van der Waals surface area contributed by atoms with Gasteiger partial charge in [0.15, 0.2) is 0 Å². The molecule has 1 aromatic carbocycles. The Morgan fingerprint density at radius 2 is 2.00 bits per heavy atom. The second-order valence-corrected chi connectivity index (χ2v) is 3.93. The molecule has 0 aliphatic rings. The Balaban J connectivity index is 3.15. The summed E-state index contributed by atoms with van der Waals surface area (Å²) < 4.78 is 0. The van der Waals surface area contributed by atoms with Crippen molar-refractivity contribution in [1.82, 2.24) is 0 Å². The number of hydrogen-bond donors (Lipinski definition) is 2. The molecular weight excluding hydrogens is 174 g/mol. The van der Waals surface area contributed by atoms with Crippen LogP contribution in [0.5, 0.6) is 0 Å². The summed E-state index contributed by atoms with van der Waals surface area (Å²) in [4.78, 5) is 0. The molecule has 78 valence electrons. The molecule has 14 heavy (non-hydrogen) atoms. The Kier molecular flexibility index (Phi) is 3.67. The molecule has 1 rings (SSSR count). The van der Waals surface area contributed by atoms with Crippen molar-refractivity contribution in [3.05, 3.63) is 35.4 Å². The van der Waals surface area contributed by atoms with E-state index in [4.69, 9.17) is 5.73 Å². The molecule has 0 fully saturated rings. The molecule has 0 aliphatic heterocycles. The molecule has 0 saturated carbocycles. The molecule has 0 radical (unpaired) electrons. The zero-order valence-electron chi connectivity index (χ0n) is 8.96. The fourth-order valence-electron chi connectivity index (χ4n) is 1.68. The quantitative estimate of drug-likeness (QED) is 0.760. The number of rotatable bonds is 4. The van der Waals surface area contributed by atoms with E-state index in [0.29, 0.717) is 6.54 Å². The standard InChI is InChI=1S/C12H19NO/c1-3-10-6-4-5-7-11(10)12(2,8-13)9-14/h4-7,14H,3,8-9,13H2,1-2H3. The van der Waals surface area contributed by atoms with Gasteiger partial charge in [-0.05, 0) is 17.5 Å². The van der Waals surface area contributed by atoms with E-state index < -0.39 is 0 Å². The van der Waals surface area contributed by atoms with Crippen LogP contribution in [0.3, 0.4) is 0 Å². The Labute approximate surface area is 85.8 Å². The molecule has 0 amide bonds. The van der Waals surface area contributed by atoms with Gasteiger partial charge < -0.3 is 10.8 Å². The lowest BCUT2D eigenvalue weighted by molar-refractivity contribution is 0.209. The van der Waals surface area contributed by atoms with Crippen LogP contribution in [0.25, 0.3) is 0 Å². The Morgan fingerprint density at radius 1 is 1.36 bits per heavy atom. The molecule has 0 heterocycles. The van der Waals surface area contributed by atoms with Crippen molar-refractivity contribution in [1.29, 1.82) is 0 Å². The Bertz CT molecular complexity index is 292. The number of aliphatic hydroxyl groups excluding tert-OH is 1. The maximum absolute atomic E-state index is 9.38. The predicted octanol–water partition coefficient (Wildman–Crippen LogP) is 1.46. The molecule has 1 unspecified atom stereocenters. The molecule has 1 atom stereocenters. The van der Waals surface area contributed by atoms with Gasteiger partial charge in [0, 0.05) is 12.0 Å². The first kappa shape index (κ1) is 11.2. The fourth-order valence-corrected chi connectivity index (χ4v) is 1.68. The maximum atomic E-state index is 9.38. The maximum Gasteiger partial charge on any atom is 0.0537 e. The van der Waals surface area contributed by atoms with Crippen LogP contribution in [-0.4, -0.2) is 18.3 Å². The molecule has 1 aromatic rings. The van der Waals surface area contributed by atoms with Gasteiger partial charge in [-0.25, -0.2) is 0 Å². The molecule has 0 saturated heterocycles. The lowest BCUT2D eigenvalue weighted by Gasteiger charge is -2.28. The van der Waals surface area contributed by atoms with Crippen molar-refractivity contribution in [2.45, 2.75) is 25.7 Å². The van der Waals surface area contributed by atoms with Crippen molar-refractivity contribution < 1.29 is 5.11 Å². The summed E-state index contributed by atoms with van der Waals surface area (Å²) in [5.41, 5.74) is 7.86. The average Bonchev–Trinajstić information content (AvgIpc) is 2.28. The van der Waals surface area contributed by atoms with Crippen LogP contribution in [0.2, 0.25) is 0 Å². The Morgan fingerprint density at radius 3 is 2.50 bits per heavy atom. The van der Waals surface area contributed by atoms with Crippen molar-refractivity contribution in [3.63, 3.8) is 0 Å². The molecule has 0 aromatic heterocycles. The van der Waals surface area contributed by atoms with E-state index in [-0.39, 0.29) is 12.0 Å². The van der Waals surface area contributed by atoms with Crippen LogP contribution in [0.4, 0.5) is 0 Å². The van der Waals surface area contributed by atoms with Crippen molar-refractivity contribution >= 4 is 0 Å². The normalized spacial score (nSPS) is 15.1. The van der Waals surface area contributed by atoms with E-state index in [2.05, 4.69) is 19.1 Å². The van der Waals surface area contributed by atoms with Gasteiger partial charge in [-0.3, -0.25) is 0 Å². The molecule has 0 aliphatic carbocycles. The second kappa shape index (κ2) is 4.58. The summed E-state index contributed by atoms with van der Waals surface area (Å²) >= 11 is 0. The largest absolute Gasteiger partial charge is 0.395 e. The van der Waals surface area contributed by atoms with Crippen LogP contribution < -0.4 is 5.73 Å². The van der Waals surface area contributed by atoms with Crippen molar-refractivity contribution in [2.24, 2.45) is 5.73 Å². The highest BCUT2D eigenvalue weighted by atomic mass is 16.3. The number of aryl methyl sites for hydroxylation is 1. The highest BCUT2D eigenvalue weighted by Gasteiger charge is 2.25. The van der Waals surface area contributed by atoms with Gasteiger partial charge >= 0.3 is 0 Å². The van der Waals surface area contributed by atoms with Gasteiger partial charge in [-0.15, -0.1) is 0 Å². The van der Waals surface area contributed by atoms with Gasteiger partial charge in [0.05, 0.1) is 6.61 Å². The van der Waals surface area contributed by atoms with Gasteiger partial charge in [0.2, 0.25) is 0 Å². The number of hydrogen-bond acceptors (Lipinski definition) is 2. The summed E-state index contributed by atoms with van der Waals surface area (Å²) in [5.74, 6) is 0. The first-order valence-corrected chi connectivity index (χ1v) is 5.07. The lowest BCUT2D eigenvalue weighted by Crippen LogP contribution is -2.36. The first-order chi connectivity index (χ1) is 6.68. The SMILES string of the molecule is CCc1ccccc1C(C)(CN)CO. The zero-order chi connectivity index (χ0) is 10.6. The third-order valence-electron chi connectivity index (χ3n) is 2.85. The third-order valence-corrected chi connectivity index (χ3v) is 2.85. The van der Waals surface area contributed by atoms with Crippen LogP contribution in [-0.2, 0) is 11.8 Å². The molecule has 3 N–H and O–H groups in total. The summed E-state index contributed by atoms with van der Waals surface area (Å²) in [7, 11) is 0. The average molecular weight is 193 g/mol. The monoisotopic (exact) mass is 193 g/mol. The van der Waals surface area contributed by atoms with Crippen molar-refractivity contribution in [3.8, 4) is 0 Å². The topological polar surface area (TPSA) is 46.2 Å². The van der Waals surface area contributed by atoms with Crippen LogP contribution in [0.1, 0.15) is 25.0 Å². The van der Waals surface area contributed by atoms with E-state index >= 15 is 0 Å². The van der Waals surface area contributed by atoms with E-state index in [0.717, 1.165) is 6.42 Å². The molecule has 2 heteroatoms. The fraction of sp³-hybridized carbons (Fsp3) is 0.500. The van der Waals surface area contributed by atoms with Crippen molar-refractivity contribution in [2.75, 3.05) is 13.2 Å². The number of benzene rings is 1. The summed E-state index contributed by atoms with van der Waals surface area (Å²) in [6, 6.07) is 8.18. The minimum Gasteiger partial charge on any atom is -0.395 e. The molecule has 0 spiro atoms.